The molecular weight excluding hydrogens is 258 g/mol. The lowest BCUT2D eigenvalue weighted by atomic mass is 10.1. The molecule has 0 spiro atoms. The number of nitrogens with one attached hydrogen (secondary N) is 1. The van der Waals surface area contributed by atoms with E-state index in [9.17, 15) is 9.90 Å². The molecule has 0 saturated carbocycles. The first-order valence-electron chi connectivity index (χ1n) is 6.15. The number of rotatable bonds is 2. The molecule has 0 bridgehead atoms. The predicted octanol–water partition coefficient (Wildman–Crippen LogP) is 2.68. The highest BCUT2D eigenvalue weighted by Crippen LogP contribution is 2.34. The number of carbonyl (C=O) groups is 1. The molecule has 1 aliphatic rings. The largest absolute Gasteiger partial charge is 0.507 e. The van der Waals surface area contributed by atoms with E-state index in [1.54, 1.807) is 43.3 Å². The molecule has 0 saturated heterocycles. The molecule has 1 amide bonds. The summed E-state index contributed by atoms with van der Waals surface area (Å²) in [5.41, 5.74) is 1.48. The Bertz CT molecular complexity index is 682. The van der Waals surface area contributed by atoms with Crippen LogP contribution < -0.4 is 14.8 Å². The van der Waals surface area contributed by atoms with Gasteiger partial charge in [0.15, 0.2) is 11.5 Å². The first kappa shape index (κ1) is 12.3. The number of phenolic OH excluding ortho intramolecular Hbond substituents is 1. The Kier molecular flexibility index (Phi) is 2.95. The van der Waals surface area contributed by atoms with Crippen LogP contribution in [0.4, 0.5) is 5.69 Å². The van der Waals surface area contributed by atoms with Gasteiger partial charge in [-0.1, -0.05) is 12.1 Å². The topological polar surface area (TPSA) is 67.8 Å². The van der Waals surface area contributed by atoms with Gasteiger partial charge in [-0.25, -0.2) is 0 Å². The summed E-state index contributed by atoms with van der Waals surface area (Å²) in [7, 11) is 0. The maximum atomic E-state index is 12.1. The van der Waals surface area contributed by atoms with Crippen LogP contribution in [0.3, 0.4) is 0 Å². The maximum absolute atomic E-state index is 12.1. The van der Waals surface area contributed by atoms with Crippen molar-refractivity contribution in [2.75, 3.05) is 12.1 Å². The number of carbonyl (C=O) groups excluding carboxylic acids is 1. The minimum Gasteiger partial charge on any atom is -0.507 e. The van der Waals surface area contributed by atoms with Gasteiger partial charge in [0.2, 0.25) is 6.79 Å². The van der Waals surface area contributed by atoms with Crippen LogP contribution in [-0.2, 0) is 0 Å². The first-order chi connectivity index (χ1) is 9.65. The molecular formula is C15H13NO4. The Morgan fingerprint density at radius 3 is 2.85 bits per heavy atom. The van der Waals surface area contributed by atoms with E-state index in [-0.39, 0.29) is 24.0 Å². The molecule has 0 aromatic heterocycles. The summed E-state index contributed by atoms with van der Waals surface area (Å²) in [6.45, 7) is 1.93. The Morgan fingerprint density at radius 1 is 1.20 bits per heavy atom. The molecule has 0 fully saturated rings. The first-order valence-corrected chi connectivity index (χ1v) is 6.15. The average molecular weight is 271 g/mol. The smallest absolute Gasteiger partial charge is 0.259 e. The van der Waals surface area contributed by atoms with E-state index < -0.39 is 0 Å². The summed E-state index contributed by atoms with van der Waals surface area (Å²) in [4.78, 5) is 12.1. The van der Waals surface area contributed by atoms with Gasteiger partial charge in [-0.2, -0.15) is 0 Å². The second kappa shape index (κ2) is 4.77. The normalized spacial score (nSPS) is 12.2. The zero-order valence-corrected chi connectivity index (χ0v) is 10.8. The van der Waals surface area contributed by atoms with Gasteiger partial charge in [-0.15, -0.1) is 0 Å². The highest BCUT2D eigenvalue weighted by molar-refractivity contribution is 6.06. The molecule has 102 valence electrons. The van der Waals surface area contributed by atoms with Gasteiger partial charge in [0.1, 0.15) is 5.75 Å². The maximum Gasteiger partial charge on any atom is 0.259 e. The fourth-order valence-electron chi connectivity index (χ4n) is 2.01. The van der Waals surface area contributed by atoms with Crippen LogP contribution in [-0.4, -0.2) is 17.8 Å². The highest BCUT2D eigenvalue weighted by atomic mass is 16.7. The van der Waals surface area contributed by atoms with Crippen molar-refractivity contribution < 1.29 is 19.4 Å². The zero-order valence-electron chi connectivity index (χ0n) is 10.8. The van der Waals surface area contributed by atoms with Crippen molar-refractivity contribution >= 4 is 11.6 Å². The molecule has 5 heteroatoms. The van der Waals surface area contributed by atoms with Crippen molar-refractivity contribution in [3.8, 4) is 17.2 Å². The summed E-state index contributed by atoms with van der Waals surface area (Å²) in [6.07, 6.45) is 0. The molecule has 20 heavy (non-hydrogen) atoms. The summed E-state index contributed by atoms with van der Waals surface area (Å²) in [5.74, 6) is 0.869. The van der Waals surface area contributed by atoms with Gasteiger partial charge >= 0.3 is 0 Å². The van der Waals surface area contributed by atoms with Crippen molar-refractivity contribution in [1.29, 1.82) is 0 Å². The molecule has 2 aromatic carbocycles. The quantitative estimate of drug-likeness (QED) is 0.881. The number of hydrogen-bond donors (Lipinski definition) is 2. The second-order valence-corrected chi connectivity index (χ2v) is 4.49. The van der Waals surface area contributed by atoms with Gasteiger partial charge in [-0.3, -0.25) is 4.79 Å². The van der Waals surface area contributed by atoms with Crippen molar-refractivity contribution in [1.82, 2.24) is 0 Å². The zero-order chi connectivity index (χ0) is 14.1. The Morgan fingerprint density at radius 2 is 2.00 bits per heavy atom. The Labute approximate surface area is 115 Å². The number of benzene rings is 2. The molecule has 0 unspecified atom stereocenters. The number of para-hydroxylation sites is 1. The number of aromatic hydroxyl groups is 1. The van der Waals surface area contributed by atoms with E-state index in [4.69, 9.17) is 9.47 Å². The van der Waals surface area contributed by atoms with E-state index >= 15 is 0 Å². The molecule has 2 aromatic rings. The third kappa shape index (κ3) is 2.14. The van der Waals surface area contributed by atoms with Crippen molar-refractivity contribution in [3.63, 3.8) is 0 Å². The van der Waals surface area contributed by atoms with Crippen LogP contribution in [0.25, 0.3) is 0 Å². The summed E-state index contributed by atoms with van der Waals surface area (Å²) in [6, 6.07) is 10.2. The SMILES string of the molecule is Cc1cccc(C(=O)Nc2ccc3c(c2)OCO3)c1O. The molecule has 1 heterocycles. The Hall–Kier alpha value is -2.69. The van der Waals surface area contributed by atoms with Crippen molar-refractivity contribution in [3.05, 3.63) is 47.5 Å². The third-order valence-corrected chi connectivity index (χ3v) is 3.11. The van der Waals surface area contributed by atoms with E-state index in [0.29, 0.717) is 22.7 Å². The lowest BCUT2D eigenvalue weighted by Crippen LogP contribution is -2.12. The summed E-state index contributed by atoms with van der Waals surface area (Å²) in [5, 5.41) is 12.6. The number of ether oxygens (including phenoxy) is 2. The van der Waals surface area contributed by atoms with Crippen LogP contribution in [0.2, 0.25) is 0 Å². The highest BCUT2D eigenvalue weighted by Gasteiger charge is 2.16. The minimum absolute atomic E-state index is 0.00857. The Balaban J connectivity index is 1.84. The molecule has 3 rings (SSSR count). The molecule has 5 nitrogen and oxygen atoms in total. The predicted molar refractivity (Wildman–Crippen MR) is 73.4 cm³/mol. The third-order valence-electron chi connectivity index (χ3n) is 3.11. The molecule has 1 aliphatic heterocycles. The second-order valence-electron chi connectivity index (χ2n) is 4.49. The van der Waals surface area contributed by atoms with Gasteiger partial charge < -0.3 is 19.9 Å². The average Bonchev–Trinajstić information content (AvgIpc) is 2.89. The van der Waals surface area contributed by atoms with Gasteiger partial charge in [0.05, 0.1) is 5.56 Å². The van der Waals surface area contributed by atoms with Crippen molar-refractivity contribution in [2.45, 2.75) is 6.92 Å². The van der Waals surface area contributed by atoms with E-state index in [0.717, 1.165) is 0 Å². The molecule has 0 aliphatic carbocycles. The molecule has 0 radical (unpaired) electrons. The molecule has 0 atom stereocenters. The lowest BCUT2D eigenvalue weighted by molar-refractivity contribution is 0.102. The number of phenols is 1. The van der Waals surface area contributed by atoms with Crippen LogP contribution in [0.5, 0.6) is 17.2 Å². The van der Waals surface area contributed by atoms with Gasteiger partial charge in [0.25, 0.3) is 5.91 Å². The monoisotopic (exact) mass is 271 g/mol. The van der Waals surface area contributed by atoms with Crippen molar-refractivity contribution in [2.24, 2.45) is 0 Å². The van der Waals surface area contributed by atoms with E-state index in [1.807, 2.05) is 0 Å². The minimum atomic E-state index is -0.370. The van der Waals surface area contributed by atoms with Crippen LogP contribution >= 0.6 is 0 Å². The standard InChI is InChI=1S/C15H13NO4/c1-9-3-2-4-11(14(9)17)15(18)16-10-5-6-12-13(7-10)20-8-19-12/h2-7,17H,8H2,1H3,(H,16,18). The number of amides is 1. The van der Waals surface area contributed by atoms with E-state index in [1.165, 1.54) is 0 Å². The van der Waals surface area contributed by atoms with Crippen LogP contribution in [0.1, 0.15) is 15.9 Å². The van der Waals surface area contributed by atoms with E-state index in [2.05, 4.69) is 5.32 Å². The summed E-state index contributed by atoms with van der Waals surface area (Å²) < 4.78 is 10.4. The molecule has 2 N–H and O–H groups in total. The van der Waals surface area contributed by atoms with Crippen LogP contribution in [0.15, 0.2) is 36.4 Å². The number of aryl methyl sites for hydroxylation is 1. The number of anilines is 1. The fraction of sp³-hybridized carbons (Fsp3) is 0.133. The number of fused-ring (bicyclic) bond motifs is 1. The number of hydrogen-bond acceptors (Lipinski definition) is 4. The van der Waals surface area contributed by atoms with Gasteiger partial charge in [-0.05, 0) is 30.7 Å². The summed E-state index contributed by atoms with van der Waals surface area (Å²) >= 11 is 0. The van der Waals surface area contributed by atoms with Gasteiger partial charge in [0, 0.05) is 11.8 Å². The fourth-order valence-corrected chi connectivity index (χ4v) is 2.01. The lowest BCUT2D eigenvalue weighted by Gasteiger charge is -2.08. The van der Waals surface area contributed by atoms with Crippen LogP contribution in [0, 0.1) is 6.92 Å².